The van der Waals surface area contributed by atoms with Crippen LogP contribution in [0.2, 0.25) is 0 Å². The van der Waals surface area contributed by atoms with Crippen molar-refractivity contribution in [2.45, 2.75) is 26.3 Å². The number of para-hydroxylation sites is 2. The number of likely N-dealkylation sites (tertiary alicyclic amines) is 1. The van der Waals surface area contributed by atoms with Crippen LogP contribution in [0.5, 0.6) is 5.75 Å². The van der Waals surface area contributed by atoms with Gasteiger partial charge in [0.2, 0.25) is 0 Å². The van der Waals surface area contributed by atoms with Crippen molar-refractivity contribution >= 4 is 17.3 Å². The lowest BCUT2D eigenvalue weighted by Crippen LogP contribution is -2.32. The molecule has 1 fully saturated rings. The number of amides is 1. The maximum absolute atomic E-state index is 12.1. The highest BCUT2D eigenvalue weighted by atomic mass is 16.6. The van der Waals surface area contributed by atoms with Gasteiger partial charge in [-0.25, -0.2) is 0 Å². The maximum atomic E-state index is 12.1. The summed E-state index contributed by atoms with van der Waals surface area (Å²) in [5.74, 6) is 0.526. The quantitative estimate of drug-likeness (QED) is 0.580. The second-order valence-electron chi connectivity index (χ2n) is 7.22. The SMILES string of the molecule is CC1CCN(Cc2ccc(NC(=O)COc3ccccc3[N+](=O)[O-])cc2)CC1. The zero-order chi connectivity index (χ0) is 19.9. The van der Waals surface area contributed by atoms with E-state index in [9.17, 15) is 14.9 Å². The van der Waals surface area contributed by atoms with Crippen LogP contribution in [0.15, 0.2) is 48.5 Å². The van der Waals surface area contributed by atoms with Crippen LogP contribution < -0.4 is 10.1 Å². The van der Waals surface area contributed by atoms with Gasteiger partial charge >= 0.3 is 5.69 Å². The van der Waals surface area contributed by atoms with Crippen molar-refractivity contribution < 1.29 is 14.5 Å². The fourth-order valence-electron chi connectivity index (χ4n) is 3.24. The zero-order valence-corrected chi connectivity index (χ0v) is 16.0. The molecule has 0 saturated carbocycles. The standard InChI is InChI=1S/C21H25N3O4/c1-16-10-12-23(13-11-16)14-17-6-8-18(9-7-17)22-21(25)15-28-20-5-3-2-4-19(20)24(26)27/h2-9,16H,10-15H2,1H3,(H,22,25). The van der Waals surface area contributed by atoms with E-state index in [4.69, 9.17) is 4.74 Å². The van der Waals surface area contributed by atoms with Gasteiger partial charge in [-0.1, -0.05) is 31.2 Å². The van der Waals surface area contributed by atoms with Crippen LogP contribution in [0.4, 0.5) is 11.4 Å². The Kier molecular flexibility index (Phi) is 6.60. The lowest BCUT2D eigenvalue weighted by molar-refractivity contribution is -0.385. The first-order chi connectivity index (χ1) is 13.5. The number of nitrogens with zero attached hydrogens (tertiary/aromatic N) is 2. The van der Waals surface area contributed by atoms with E-state index in [1.54, 1.807) is 12.1 Å². The largest absolute Gasteiger partial charge is 0.477 e. The predicted molar refractivity (Wildman–Crippen MR) is 107 cm³/mol. The minimum Gasteiger partial charge on any atom is -0.477 e. The summed E-state index contributed by atoms with van der Waals surface area (Å²) in [7, 11) is 0. The van der Waals surface area contributed by atoms with Crippen molar-refractivity contribution in [3.05, 3.63) is 64.2 Å². The van der Waals surface area contributed by atoms with E-state index in [1.807, 2.05) is 24.3 Å². The Morgan fingerprint density at radius 1 is 1.18 bits per heavy atom. The Hall–Kier alpha value is -2.93. The third-order valence-corrected chi connectivity index (χ3v) is 4.94. The van der Waals surface area contributed by atoms with Crippen LogP contribution in [0.3, 0.4) is 0 Å². The Balaban J connectivity index is 1.49. The van der Waals surface area contributed by atoms with E-state index in [2.05, 4.69) is 17.1 Å². The minimum atomic E-state index is -0.533. The van der Waals surface area contributed by atoms with Gasteiger partial charge in [-0.2, -0.15) is 0 Å². The topological polar surface area (TPSA) is 84.7 Å². The van der Waals surface area contributed by atoms with Crippen LogP contribution in [-0.4, -0.2) is 35.4 Å². The first kappa shape index (κ1) is 19.8. The molecule has 1 amide bonds. The van der Waals surface area contributed by atoms with E-state index < -0.39 is 4.92 Å². The van der Waals surface area contributed by atoms with E-state index >= 15 is 0 Å². The number of piperidine rings is 1. The van der Waals surface area contributed by atoms with Gasteiger partial charge in [-0.05, 0) is 55.6 Å². The average Bonchev–Trinajstić information content (AvgIpc) is 2.70. The normalized spacial score (nSPS) is 15.2. The smallest absolute Gasteiger partial charge is 0.310 e. The van der Waals surface area contributed by atoms with Crippen molar-refractivity contribution in [1.82, 2.24) is 4.90 Å². The minimum absolute atomic E-state index is 0.0776. The van der Waals surface area contributed by atoms with Crippen molar-refractivity contribution in [2.75, 3.05) is 25.0 Å². The van der Waals surface area contributed by atoms with Crippen molar-refractivity contribution in [1.29, 1.82) is 0 Å². The fraction of sp³-hybridized carbons (Fsp3) is 0.381. The first-order valence-electron chi connectivity index (χ1n) is 9.48. The molecule has 0 unspecified atom stereocenters. The summed E-state index contributed by atoms with van der Waals surface area (Å²) >= 11 is 0. The van der Waals surface area contributed by atoms with Crippen molar-refractivity contribution in [3.63, 3.8) is 0 Å². The molecule has 0 bridgehead atoms. The third kappa shape index (κ3) is 5.53. The lowest BCUT2D eigenvalue weighted by Gasteiger charge is -2.30. The van der Waals surface area contributed by atoms with Gasteiger partial charge in [0.1, 0.15) is 0 Å². The molecule has 28 heavy (non-hydrogen) atoms. The number of rotatable bonds is 7. The third-order valence-electron chi connectivity index (χ3n) is 4.94. The molecule has 7 heteroatoms. The van der Waals surface area contributed by atoms with Gasteiger partial charge in [0.15, 0.2) is 12.4 Å². The number of anilines is 1. The molecular formula is C21H25N3O4. The summed E-state index contributed by atoms with van der Waals surface area (Å²) < 4.78 is 5.30. The number of hydrogen-bond donors (Lipinski definition) is 1. The lowest BCUT2D eigenvalue weighted by atomic mass is 9.99. The van der Waals surface area contributed by atoms with Gasteiger partial charge in [0, 0.05) is 18.3 Å². The van der Waals surface area contributed by atoms with Crippen molar-refractivity contribution in [2.24, 2.45) is 5.92 Å². The molecule has 2 aromatic rings. The van der Waals surface area contributed by atoms with Crippen LogP contribution in [0.25, 0.3) is 0 Å². The monoisotopic (exact) mass is 383 g/mol. The van der Waals surface area contributed by atoms with Crippen LogP contribution in [-0.2, 0) is 11.3 Å². The predicted octanol–water partition coefficient (Wildman–Crippen LogP) is 3.84. The highest BCUT2D eigenvalue weighted by Gasteiger charge is 2.16. The number of hydrogen-bond acceptors (Lipinski definition) is 5. The molecule has 1 aliphatic heterocycles. The molecule has 1 saturated heterocycles. The second-order valence-corrected chi connectivity index (χ2v) is 7.22. The Morgan fingerprint density at radius 2 is 1.86 bits per heavy atom. The number of carbonyl (C=O) groups is 1. The molecule has 0 atom stereocenters. The Labute approximate surface area is 164 Å². The molecule has 7 nitrogen and oxygen atoms in total. The first-order valence-corrected chi connectivity index (χ1v) is 9.48. The molecule has 0 radical (unpaired) electrons. The van der Waals surface area contributed by atoms with Crippen molar-refractivity contribution in [3.8, 4) is 5.75 Å². The average molecular weight is 383 g/mol. The molecule has 0 aromatic heterocycles. The van der Waals surface area contributed by atoms with Gasteiger partial charge in [-0.3, -0.25) is 19.8 Å². The molecule has 3 rings (SSSR count). The summed E-state index contributed by atoms with van der Waals surface area (Å²) in [5.41, 5.74) is 1.72. The van der Waals surface area contributed by atoms with Crippen LogP contribution >= 0.6 is 0 Å². The van der Waals surface area contributed by atoms with Gasteiger partial charge in [0.25, 0.3) is 5.91 Å². The van der Waals surface area contributed by atoms with Crippen LogP contribution in [0.1, 0.15) is 25.3 Å². The molecule has 1 aliphatic rings. The Bertz CT molecular complexity index is 815. The highest BCUT2D eigenvalue weighted by molar-refractivity contribution is 5.91. The second kappa shape index (κ2) is 9.32. The highest BCUT2D eigenvalue weighted by Crippen LogP contribution is 2.25. The number of benzene rings is 2. The Morgan fingerprint density at radius 3 is 2.54 bits per heavy atom. The van der Waals surface area contributed by atoms with E-state index in [0.29, 0.717) is 5.69 Å². The summed E-state index contributed by atoms with van der Waals surface area (Å²) in [5, 5.41) is 13.7. The van der Waals surface area contributed by atoms with Gasteiger partial charge in [0.05, 0.1) is 4.92 Å². The molecule has 148 valence electrons. The maximum Gasteiger partial charge on any atom is 0.310 e. The summed E-state index contributed by atoms with van der Waals surface area (Å²) in [4.78, 5) is 25.0. The van der Waals surface area contributed by atoms with Gasteiger partial charge < -0.3 is 10.1 Å². The van der Waals surface area contributed by atoms with E-state index in [0.717, 1.165) is 25.6 Å². The molecular weight excluding hydrogens is 358 g/mol. The summed E-state index contributed by atoms with van der Waals surface area (Å²) in [6.45, 7) is 5.18. The van der Waals surface area contributed by atoms with Crippen LogP contribution in [0, 0.1) is 16.0 Å². The molecule has 1 heterocycles. The number of nitrogens with one attached hydrogen (secondary N) is 1. The molecule has 1 N–H and O–H groups in total. The van der Waals surface area contributed by atoms with E-state index in [-0.39, 0.29) is 24.0 Å². The summed E-state index contributed by atoms with van der Waals surface area (Å²) in [6.07, 6.45) is 2.49. The fourth-order valence-corrected chi connectivity index (χ4v) is 3.24. The van der Waals surface area contributed by atoms with E-state index in [1.165, 1.54) is 30.5 Å². The zero-order valence-electron chi connectivity index (χ0n) is 16.0. The molecule has 0 spiro atoms. The number of carbonyl (C=O) groups excluding carboxylic acids is 1. The number of nitro groups is 1. The summed E-state index contributed by atoms with van der Waals surface area (Å²) in [6, 6.07) is 13.7. The molecule has 2 aromatic carbocycles. The number of ether oxygens (including phenoxy) is 1. The molecule has 0 aliphatic carbocycles. The number of nitro benzene ring substituents is 1. The van der Waals surface area contributed by atoms with Gasteiger partial charge in [-0.15, -0.1) is 0 Å².